The second-order valence-corrected chi connectivity index (χ2v) is 5.05. The van der Waals surface area contributed by atoms with Crippen molar-refractivity contribution in [3.63, 3.8) is 0 Å². The highest BCUT2D eigenvalue weighted by atomic mass is 79.9. The van der Waals surface area contributed by atoms with Crippen molar-refractivity contribution in [1.82, 2.24) is 0 Å². The van der Waals surface area contributed by atoms with Crippen molar-refractivity contribution in [2.45, 2.75) is 5.75 Å². The highest BCUT2D eigenvalue weighted by Crippen LogP contribution is 2.27. The van der Waals surface area contributed by atoms with E-state index in [1.54, 1.807) is 7.11 Å². The molecule has 0 bridgehead atoms. The van der Waals surface area contributed by atoms with Crippen molar-refractivity contribution in [2.75, 3.05) is 18.7 Å². The van der Waals surface area contributed by atoms with E-state index in [2.05, 4.69) is 28.1 Å². The van der Waals surface area contributed by atoms with Gasteiger partial charge in [0.05, 0.1) is 11.6 Å². The van der Waals surface area contributed by atoms with Crippen molar-refractivity contribution in [3.8, 4) is 5.75 Å². The van der Waals surface area contributed by atoms with Crippen LogP contribution in [0.4, 0.5) is 0 Å². The van der Waals surface area contributed by atoms with Crippen LogP contribution in [0, 0.1) is 0 Å². The first-order valence-electron chi connectivity index (χ1n) is 4.24. The summed E-state index contributed by atoms with van der Waals surface area (Å²) in [6, 6.07) is 6.13. The normalized spacial score (nSPS) is 10.2. The number of hydrogen-bond donors (Lipinski definition) is 0. The minimum atomic E-state index is 0.710. The summed E-state index contributed by atoms with van der Waals surface area (Å²) in [5.74, 6) is 3.57. The standard InChI is InChI=1S/C10H12BrClOS/c1-13-10-3-2-8(6-9(10)11)7-14-5-4-12/h2-3,6H,4-5,7H2,1H3. The van der Waals surface area contributed by atoms with Gasteiger partial charge in [-0.1, -0.05) is 6.07 Å². The summed E-state index contributed by atoms with van der Waals surface area (Å²) in [6.07, 6.45) is 0. The van der Waals surface area contributed by atoms with Gasteiger partial charge in [0, 0.05) is 17.4 Å². The fourth-order valence-electron chi connectivity index (χ4n) is 1.04. The highest BCUT2D eigenvalue weighted by Gasteiger charge is 2.00. The molecule has 0 N–H and O–H groups in total. The zero-order valence-corrected chi connectivity index (χ0v) is 11.1. The predicted molar refractivity (Wildman–Crippen MR) is 67.6 cm³/mol. The second-order valence-electron chi connectivity index (χ2n) is 2.71. The van der Waals surface area contributed by atoms with Crippen LogP contribution in [-0.4, -0.2) is 18.7 Å². The highest BCUT2D eigenvalue weighted by molar-refractivity contribution is 9.10. The summed E-state index contributed by atoms with van der Waals surface area (Å²) < 4.78 is 6.15. The van der Waals surface area contributed by atoms with Crippen molar-refractivity contribution >= 4 is 39.3 Å². The first kappa shape index (κ1) is 12.2. The summed E-state index contributed by atoms with van der Waals surface area (Å²) >= 11 is 10.9. The van der Waals surface area contributed by atoms with Gasteiger partial charge in [-0.3, -0.25) is 0 Å². The Morgan fingerprint density at radius 3 is 2.86 bits per heavy atom. The molecule has 0 saturated carbocycles. The number of thioether (sulfide) groups is 1. The number of hydrogen-bond acceptors (Lipinski definition) is 2. The summed E-state index contributed by atoms with van der Waals surface area (Å²) in [6.45, 7) is 0. The van der Waals surface area contributed by atoms with Gasteiger partial charge in [-0.25, -0.2) is 0 Å². The van der Waals surface area contributed by atoms with E-state index in [-0.39, 0.29) is 0 Å². The van der Waals surface area contributed by atoms with Gasteiger partial charge in [0.25, 0.3) is 0 Å². The Morgan fingerprint density at radius 2 is 2.29 bits per heavy atom. The Hall–Kier alpha value is 0.140. The van der Waals surface area contributed by atoms with E-state index in [9.17, 15) is 0 Å². The Balaban J connectivity index is 2.57. The molecular weight excluding hydrogens is 284 g/mol. The Bertz CT molecular complexity index is 293. The van der Waals surface area contributed by atoms with Crippen molar-refractivity contribution in [3.05, 3.63) is 28.2 Å². The summed E-state index contributed by atoms with van der Waals surface area (Å²) in [5.41, 5.74) is 1.28. The average Bonchev–Trinajstić information content (AvgIpc) is 2.18. The van der Waals surface area contributed by atoms with Crippen LogP contribution in [0.1, 0.15) is 5.56 Å². The molecular formula is C10H12BrClOS. The lowest BCUT2D eigenvalue weighted by Gasteiger charge is -2.05. The molecule has 1 aromatic carbocycles. The zero-order chi connectivity index (χ0) is 10.4. The Kier molecular flexibility index (Phi) is 5.75. The molecule has 0 aliphatic carbocycles. The van der Waals surface area contributed by atoms with Crippen LogP contribution in [-0.2, 0) is 5.75 Å². The van der Waals surface area contributed by atoms with Crippen LogP contribution in [0.25, 0.3) is 0 Å². The van der Waals surface area contributed by atoms with Crippen LogP contribution in [0.15, 0.2) is 22.7 Å². The van der Waals surface area contributed by atoms with Crippen molar-refractivity contribution in [2.24, 2.45) is 0 Å². The molecule has 0 amide bonds. The molecule has 0 saturated heterocycles. The summed E-state index contributed by atoms with van der Waals surface area (Å²) in [7, 11) is 1.67. The second kappa shape index (κ2) is 6.59. The molecule has 0 aromatic heterocycles. The third kappa shape index (κ3) is 3.71. The van der Waals surface area contributed by atoms with Gasteiger partial charge in [-0.15, -0.1) is 11.6 Å². The summed E-state index contributed by atoms with van der Waals surface area (Å²) in [4.78, 5) is 0. The molecule has 78 valence electrons. The van der Waals surface area contributed by atoms with E-state index in [0.717, 1.165) is 21.7 Å². The Labute approximate surface area is 102 Å². The first-order valence-corrected chi connectivity index (χ1v) is 6.72. The quantitative estimate of drug-likeness (QED) is 0.601. The molecule has 14 heavy (non-hydrogen) atoms. The number of rotatable bonds is 5. The molecule has 1 nitrogen and oxygen atoms in total. The Morgan fingerprint density at radius 1 is 1.50 bits per heavy atom. The fraction of sp³-hybridized carbons (Fsp3) is 0.400. The number of alkyl halides is 1. The molecule has 0 fully saturated rings. The maximum Gasteiger partial charge on any atom is 0.133 e. The number of ether oxygens (including phenoxy) is 1. The van der Waals surface area contributed by atoms with Crippen LogP contribution < -0.4 is 4.74 Å². The minimum absolute atomic E-state index is 0.710. The number of benzene rings is 1. The maximum absolute atomic E-state index is 5.60. The summed E-state index contributed by atoms with van der Waals surface area (Å²) in [5, 5.41) is 0. The van der Waals surface area contributed by atoms with E-state index in [1.165, 1.54) is 5.56 Å². The van der Waals surface area contributed by atoms with Gasteiger partial charge in [-0.05, 0) is 33.6 Å². The fourth-order valence-corrected chi connectivity index (χ4v) is 2.63. The first-order chi connectivity index (χ1) is 6.77. The van der Waals surface area contributed by atoms with Crippen molar-refractivity contribution < 1.29 is 4.74 Å². The van der Waals surface area contributed by atoms with E-state index in [0.29, 0.717) is 5.88 Å². The molecule has 0 radical (unpaired) electrons. The number of halogens is 2. The van der Waals surface area contributed by atoms with Crippen LogP contribution in [0.5, 0.6) is 5.75 Å². The van der Waals surface area contributed by atoms with E-state index < -0.39 is 0 Å². The number of methoxy groups -OCH3 is 1. The molecule has 1 rings (SSSR count). The minimum Gasteiger partial charge on any atom is -0.496 e. The molecule has 0 unspecified atom stereocenters. The van der Waals surface area contributed by atoms with Gasteiger partial charge in [0.1, 0.15) is 5.75 Å². The van der Waals surface area contributed by atoms with Crippen molar-refractivity contribution in [1.29, 1.82) is 0 Å². The maximum atomic E-state index is 5.60. The van der Waals surface area contributed by atoms with E-state index in [1.807, 2.05) is 17.8 Å². The molecule has 0 aliphatic heterocycles. The monoisotopic (exact) mass is 294 g/mol. The molecule has 4 heteroatoms. The van der Waals surface area contributed by atoms with Gasteiger partial charge in [-0.2, -0.15) is 11.8 Å². The van der Waals surface area contributed by atoms with E-state index >= 15 is 0 Å². The third-order valence-electron chi connectivity index (χ3n) is 1.71. The zero-order valence-electron chi connectivity index (χ0n) is 7.93. The van der Waals surface area contributed by atoms with Gasteiger partial charge in [0.2, 0.25) is 0 Å². The topological polar surface area (TPSA) is 9.23 Å². The van der Waals surface area contributed by atoms with Crippen LogP contribution >= 0.6 is 39.3 Å². The lowest BCUT2D eigenvalue weighted by Crippen LogP contribution is -1.88. The average molecular weight is 296 g/mol. The largest absolute Gasteiger partial charge is 0.496 e. The smallest absolute Gasteiger partial charge is 0.133 e. The SMILES string of the molecule is COc1ccc(CSCCCl)cc1Br. The molecule has 0 spiro atoms. The van der Waals surface area contributed by atoms with Gasteiger partial charge in [0.15, 0.2) is 0 Å². The lowest BCUT2D eigenvalue weighted by molar-refractivity contribution is 0.412. The van der Waals surface area contributed by atoms with E-state index in [4.69, 9.17) is 16.3 Å². The van der Waals surface area contributed by atoms with Crippen LogP contribution in [0.2, 0.25) is 0 Å². The molecule has 0 heterocycles. The lowest BCUT2D eigenvalue weighted by atomic mass is 10.2. The third-order valence-corrected chi connectivity index (χ3v) is 3.77. The van der Waals surface area contributed by atoms with Crippen LogP contribution in [0.3, 0.4) is 0 Å². The molecule has 0 aliphatic rings. The predicted octanol–water partition coefficient (Wildman–Crippen LogP) is 3.93. The van der Waals surface area contributed by atoms with Gasteiger partial charge < -0.3 is 4.74 Å². The molecule has 1 aromatic rings. The molecule has 0 atom stereocenters. The van der Waals surface area contributed by atoms with Gasteiger partial charge >= 0.3 is 0 Å².